The molecule has 0 saturated heterocycles. The van der Waals surface area contributed by atoms with E-state index in [-0.39, 0.29) is 17.2 Å². The summed E-state index contributed by atoms with van der Waals surface area (Å²) in [5.74, 6) is 2.34. The van der Waals surface area contributed by atoms with Crippen LogP contribution in [0.5, 0.6) is 5.75 Å². The summed E-state index contributed by atoms with van der Waals surface area (Å²) in [5.41, 5.74) is 9.16. The Kier molecular flexibility index (Phi) is 7.37. The molecule has 5 heteroatoms. The molecule has 0 amide bonds. The van der Waals surface area contributed by atoms with Crippen molar-refractivity contribution < 1.29 is 9.52 Å². The maximum absolute atomic E-state index is 10.4. The van der Waals surface area contributed by atoms with Crippen molar-refractivity contribution in [2.45, 2.75) is 66.3 Å². The summed E-state index contributed by atoms with van der Waals surface area (Å²) >= 11 is 0. The molecular weight excluding hydrogens is 530 g/mol. The van der Waals surface area contributed by atoms with Crippen LogP contribution in [0.3, 0.4) is 0 Å². The van der Waals surface area contributed by atoms with Crippen molar-refractivity contribution in [3.63, 3.8) is 0 Å². The van der Waals surface area contributed by atoms with Crippen LogP contribution in [0.15, 0.2) is 94.3 Å². The molecule has 1 atom stereocenters. The number of rotatable bonds is 6. The maximum atomic E-state index is 10.4. The number of oxazole rings is 1. The summed E-state index contributed by atoms with van der Waals surface area (Å²) in [6.45, 7) is 16.8. The van der Waals surface area contributed by atoms with Gasteiger partial charge in [-0.3, -0.25) is 4.99 Å². The van der Waals surface area contributed by atoms with Crippen molar-refractivity contribution in [1.29, 1.82) is 0 Å². The van der Waals surface area contributed by atoms with Gasteiger partial charge in [-0.05, 0) is 58.2 Å². The van der Waals surface area contributed by atoms with Crippen LogP contribution >= 0.6 is 0 Å². The number of para-hydroxylation sites is 3. The standard InChI is InChI=1S/C38H41N3O2/c1-23(2)27-16-11-17-28(24(3)4)35(27)41-22-33(38(5,6)7)39-36(41)26-14-10-13-25(21-26)29-18-12-20-32-34(29)40-37(43-32)30-15-8-9-19-31(30)42/h8-21,23-24,33,42H,22H2,1-7H3/t33-/m1/s1. The third-order valence-corrected chi connectivity index (χ3v) is 8.49. The van der Waals surface area contributed by atoms with Gasteiger partial charge in [0.25, 0.3) is 0 Å². The minimum atomic E-state index is 0.0219. The van der Waals surface area contributed by atoms with Crippen LogP contribution in [-0.4, -0.2) is 28.5 Å². The Bertz CT molecular complexity index is 1800. The highest BCUT2D eigenvalue weighted by Crippen LogP contribution is 2.41. The van der Waals surface area contributed by atoms with E-state index in [2.05, 4.69) is 102 Å². The van der Waals surface area contributed by atoms with Gasteiger partial charge in [0.15, 0.2) is 5.58 Å². The third-order valence-electron chi connectivity index (χ3n) is 8.49. The van der Waals surface area contributed by atoms with Crippen LogP contribution in [0, 0.1) is 5.41 Å². The van der Waals surface area contributed by atoms with Crippen LogP contribution in [-0.2, 0) is 0 Å². The number of amidine groups is 1. The van der Waals surface area contributed by atoms with Crippen LogP contribution in [0.25, 0.3) is 33.7 Å². The molecule has 1 aliphatic rings. The first-order valence-corrected chi connectivity index (χ1v) is 15.3. The summed E-state index contributed by atoms with van der Waals surface area (Å²) in [4.78, 5) is 12.7. The summed E-state index contributed by atoms with van der Waals surface area (Å²) in [6, 6.07) is 28.7. The Morgan fingerprint density at radius 1 is 0.791 bits per heavy atom. The van der Waals surface area contributed by atoms with Gasteiger partial charge < -0.3 is 14.4 Å². The van der Waals surface area contributed by atoms with E-state index in [9.17, 15) is 5.11 Å². The lowest BCUT2D eigenvalue weighted by atomic mass is 9.87. The van der Waals surface area contributed by atoms with Crippen LogP contribution in [0.4, 0.5) is 5.69 Å². The summed E-state index contributed by atoms with van der Waals surface area (Å²) < 4.78 is 6.12. The highest BCUT2D eigenvalue weighted by atomic mass is 16.3. The minimum absolute atomic E-state index is 0.0219. The Morgan fingerprint density at radius 3 is 2.09 bits per heavy atom. The summed E-state index contributed by atoms with van der Waals surface area (Å²) in [7, 11) is 0. The van der Waals surface area contributed by atoms with Crippen LogP contribution in [0.2, 0.25) is 0 Å². The number of nitrogens with zero attached hydrogens (tertiary/aromatic N) is 3. The molecule has 220 valence electrons. The number of fused-ring (bicyclic) bond motifs is 1. The van der Waals surface area contributed by atoms with Crippen molar-refractivity contribution in [3.05, 3.63) is 102 Å². The van der Waals surface area contributed by atoms with Gasteiger partial charge in [-0.2, -0.15) is 0 Å². The molecule has 43 heavy (non-hydrogen) atoms. The van der Waals surface area contributed by atoms with Crippen molar-refractivity contribution in [2.75, 3.05) is 11.4 Å². The fraction of sp³-hybridized carbons (Fsp3) is 0.316. The number of aromatic hydroxyl groups is 1. The highest BCUT2D eigenvalue weighted by Gasteiger charge is 2.37. The topological polar surface area (TPSA) is 61.9 Å². The van der Waals surface area contributed by atoms with Gasteiger partial charge in [-0.1, -0.05) is 109 Å². The zero-order chi connectivity index (χ0) is 30.5. The summed E-state index contributed by atoms with van der Waals surface area (Å²) in [6.07, 6.45) is 0. The molecule has 0 aliphatic carbocycles. The minimum Gasteiger partial charge on any atom is -0.507 e. The first kappa shape index (κ1) is 28.7. The molecular formula is C38H41N3O2. The van der Waals surface area contributed by atoms with Crippen molar-refractivity contribution in [3.8, 4) is 28.3 Å². The van der Waals surface area contributed by atoms with E-state index in [1.807, 2.05) is 24.3 Å². The molecule has 0 saturated carbocycles. The molecule has 0 fully saturated rings. The third kappa shape index (κ3) is 5.33. The number of aromatic nitrogens is 1. The molecule has 0 unspecified atom stereocenters. The van der Waals surface area contributed by atoms with Crippen molar-refractivity contribution >= 4 is 22.6 Å². The number of phenols is 1. The van der Waals surface area contributed by atoms with E-state index >= 15 is 0 Å². The molecule has 0 radical (unpaired) electrons. The molecule has 5 aromatic rings. The van der Waals surface area contributed by atoms with E-state index in [0.29, 0.717) is 28.9 Å². The predicted molar refractivity (Wildman–Crippen MR) is 178 cm³/mol. The lowest BCUT2D eigenvalue weighted by molar-refractivity contribution is 0.337. The van der Waals surface area contributed by atoms with Gasteiger partial charge in [0.2, 0.25) is 5.89 Å². The number of hydrogen-bond acceptors (Lipinski definition) is 5. The van der Waals surface area contributed by atoms with Gasteiger partial charge >= 0.3 is 0 Å². The number of hydrogen-bond donors (Lipinski definition) is 1. The van der Waals surface area contributed by atoms with Crippen molar-refractivity contribution in [1.82, 2.24) is 4.98 Å². The second-order valence-electron chi connectivity index (χ2n) is 13.3. The van der Waals surface area contributed by atoms with E-state index in [1.54, 1.807) is 12.1 Å². The molecule has 2 heterocycles. The molecule has 6 rings (SSSR count). The Balaban J connectivity index is 1.49. The Morgan fingerprint density at radius 2 is 1.42 bits per heavy atom. The number of aliphatic imine (C=N–C) groups is 1. The molecule has 1 aliphatic heterocycles. The Hall–Kier alpha value is -4.38. The first-order valence-electron chi connectivity index (χ1n) is 15.3. The maximum Gasteiger partial charge on any atom is 0.231 e. The average molecular weight is 572 g/mol. The van der Waals surface area contributed by atoms with E-state index in [1.165, 1.54) is 16.8 Å². The second-order valence-corrected chi connectivity index (χ2v) is 13.3. The monoisotopic (exact) mass is 571 g/mol. The normalized spacial score (nSPS) is 15.6. The number of phenolic OH excluding ortho intramolecular Hbond substituents is 1. The van der Waals surface area contributed by atoms with Crippen LogP contribution < -0.4 is 4.90 Å². The molecule has 1 aromatic heterocycles. The molecule has 1 N–H and O–H groups in total. The first-order chi connectivity index (χ1) is 20.5. The van der Waals surface area contributed by atoms with E-state index in [0.717, 1.165) is 34.6 Å². The van der Waals surface area contributed by atoms with Crippen molar-refractivity contribution in [2.24, 2.45) is 10.4 Å². The Labute approximate surface area is 254 Å². The fourth-order valence-corrected chi connectivity index (χ4v) is 6.01. The van der Waals surface area contributed by atoms with E-state index in [4.69, 9.17) is 14.4 Å². The SMILES string of the molecule is CC(C)c1cccc(C(C)C)c1N1C[C@H](C(C)(C)C)N=C1c1cccc(-c2cccc3oc(-c4ccccc4O)nc23)c1. The van der Waals surface area contributed by atoms with Gasteiger partial charge in [-0.25, -0.2) is 4.98 Å². The van der Waals surface area contributed by atoms with Gasteiger partial charge in [-0.15, -0.1) is 0 Å². The zero-order valence-corrected chi connectivity index (χ0v) is 26.2. The summed E-state index contributed by atoms with van der Waals surface area (Å²) in [5, 5.41) is 10.4. The van der Waals surface area contributed by atoms with Gasteiger partial charge in [0.1, 0.15) is 17.1 Å². The fourth-order valence-electron chi connectivity index (χ4n) is 6.01. The lowest BCUT2D eigenvalue weighted by Gasteiger charge is -2.31. The molecule has 5 nitrogen and oxygen atoms in total. The van der Waals surface area contributed by atoms with Gasteiger partial charge in [0, 0.05) is 23.4 Å². The molecule has 4 aromatic carbocycles. The smallest absolute Gasteiger partial charge is 0.231 e. The van der Waals surface area contributed by atoms with Crippen LogP contribution in [0.1, 0.15) is 77.0 Å². The lowest BCUT2D eigenvalue weighted by Crippen LogP contribution is -2.35. The largest absolute Gasteiger partial charge is 0.507 e. The average Bonchev–Trinajstić information content (AvgIpc) is 3.62. The number of benzene rings is 4. The van der Waals surface area contributed by atoms with E-state index < -0.39 is 0 Å². The second kappa shape index (κ2) is 11.0. The van der Waals surface area contributed by atoms with Gasteiger partial charge in [0.05, 0.1) is 11.6 Å². The number of anilines is 1. The quantitative estimate of drug-likeness (QED) is 0.220. The zero-order valence-electron chi connectivity index (χ0n) is 26.2. The molecule has 0 bridgehead atoms. The molecule has 0 spiro atoms. The predicted octanol–water partition coefficient (Wildman–Crippen LogP) is 9.80. The highest BCUT2D eigenvalue weighted by molar-refractivity contribution is 6.13.